The zero-order valence-corrected chi connectivity index (χ0v) is 16.9. The van der Waals surface area contributed by atoms with Crippen LogP contribution in [0.4, 0.5) is 5.69 Å². The second-order valence-electron chi connectivity index (χ2n) is 7.50. The van der Waals surface area contributed by atoms with Gasteiger partial charge in [-0.3, -0.25) is 4.79 Å². The summed E-state index contributed by atoms with van der Waals surface area (Å²) in [6, 6.07) is 16.1. The van der Waals surface area contributed by atoms with E-state index in [4.69, 9.17) is 0 Å². The van der Waals surface area contributed by atoms with Gasteiger partial charge in [-0.15, -0.1) is 0 Å². The third kappa shape index (κ3) is 4.58. The molecule has 0 saturated heterocycles. The van der Waals surface area contributed by atoms with Crippen molar-refractivity contribution in [2.24, 2.45) is 0 Å². The van der Waals surface area contributed by atoms with E-state index in [2.05, 4.69) is 56.3 Å². The molecule has 28 heavy (non-hydrogen) atoms. The van der Waals surface area contributed by atoms with Crippen LogP contribution < -0.4 is 5.32 Å². The Kier molecular flexibility index (Phi) is 6.09. The molecule has 0 fully saturated rings. The standard InChI is InChI=1S/C24H27N3O/c1-17(2)21-11-8-12-22(18(3)4)24(21)26-23(28)14-13-19-15-25-27(16-19)20-9-6-5-7-10-20/h5-18H,1-4H3,(H,26,28)/b14-13+. The largest absolute Gasteiger partial charge is 0.322 e. The van der Waals surface area contributed by atoms with Crippen molar-refractivity contribution in [1.29, 1.82) is 0 Å². The van der Waals surface area contributed by atoms with E-state index in [0.29, 0.717) is 11.8 Å². The molecule has 0 spiro atoms. The molecule has 1 aromatic heterocycles. The fourth-order valence-corrected chi connectivity index (χ4v) is 3.18. The van der Waals surface area contributed by atoms with Gasteiger partial charge < -0.3 is 5.32 Å². The number of hydrogen-bond donors (Lipinski definition) is 1. The fourth-order valence-electron chi connectivity index (χ4n) is 3.18. The minimum absolute atomic E-state index is 0.137. The van der Waals surface area contributed by atoms with Crippen LogP contribution in [0.1, 0.15) is 56.2 Å². The summed E-state index contributed by atoms with van der Waals surface area (Å²) in [5.74, 6) is 0.534. The Labute approximate surface area is 166 Å². The van der Waals surface area contributed by atoms with Crippen LogP contribution in [0.3, 0.4) is 0 Å². The van der Waals surface area contributed by atoms with Crippen molar-refractivity contribution in [2.45, 2.75) is 39.5 Å². The highest BCUT2D eigenvalue weighted by molar-refractivity contribution is 6.03. The number of nitrogens with zero attached hydrogens (tertiary/aromatic N) is 2. The van der Waals surface area contributed by atoms with E-state index in [0.717, 1.165) is 28.1 Å². The molecule has 0 radical (unpaired) electrons. The van der Waals surface area contributed by atoms with Crippen molar-refractivity contribution >= 4 is 17.7 Å². The summed E-state index contributed by atoms with van der Waals surface area (Å²) in [5, 5.41) is 7.45. The van der Waals surface area contributed by atoms with Gasteiger partial charge in [0, 0.05) is 23.5 Å². The molecule has 1 heterocycles. The predicted octanol–water partition coefficient (Wildman–Crippen LogP) is 5.77. The average molecular weight is 374 g/mol. The number of anilines is 1. The first-order valence-corrected chi connectivity index (χ1v) is 9.67. The number of rotatable bonds is 6. The van der Waals surface area contributed by atoms with Gasteiger partial charge in [-0.2, -0.15) is 5.10 Å². The highest BCUT2D eigenvalue weighted by atomic mass is 16.1. The number of para-hydroxylation sites is 2. The highest BCUT2D eigenvalue weighted by Gasteiger charge is 2.15. The number of carbonyl (C=O) groups excluding carboxylic acids is 1. The van der Waals surface area contributed by atoms with Crippen molar-refractivity contribution in [3.05, 3.63) is 83.7 Å². The first-order valence-electron chi connectivity index (χ1n) is 9.67. The Hall–Kier alpha value is -3.14. The molecule has 0 atom stereocenters. The van der Waals surface area contributed by atoms with E-state index >= 15 is 0 Å². The zero-order valence-electron chi connectivity index (χ0n) is 16.9. The number of amides is 1. The van der Waals surface area contributed by atoms with Gasteiger partial charge in [0.2, 0.25) is 5.91 Å². The summed E-state index contributed by atoms with van der Waals surface area (Å²) in [7, 11) is 0. The fraction of sp³-hybridized carbons (Fsp3) is 0.250. The van der Waals surface area contributed by atoms with Gasteiger partial charge in [-0.1, -0.05) is 64.1 Å². The van der Waals surface area contributed by atoms with E-state index in [1.807, 2.05) is 36.5 Å². The van der Waals surface area contributed by atoms with E-state index < -0.39 is 0 Å². The summed E-state index contributed by atoms with van der Waals surface area (Å²) in [5.41, 5.74) is 5.11. The van der Waals surface area contributed by atoms with Crippen molar-refractivity contribution in [2.75, 3.05) is 5.32 Å². The summed E-state index contributed by atoms with van der Waals surface area (Å²) >= 11 is 0. The summed E-state index contributed by atoms with van der Waals surface area (Å²) < 4.78 is 1.79. The van der Waals surface area contributed by atoms with E-state index in [9.17, 15) is 4.79 Å². The van der Waals surface area contributed by atoms with Crippen molar-refractivity contribution < 1.29 is 4.79 Å². The molecular formula is C24H27N3O. The minimum atomic E-state index is -0.137. The van der Waals surface area contributed by atoms with E-state index in [1.54, 1.807) is 23.0 Å². The molecule has 0 aliphatic carbocycles. The van der Waals surface area contributed by atoms with Gasteiger partial charge in [-0.05, 0) is 41.2 Å². The van der Waals surface area contributed by atoms with Gasteiger partial charge in [0.15, 0.2) is 0 Å². The van der Waals surface area contributed by atoms with Crippen LogP contribution in [0.2, 0.25) is 0 Å². The maximum absolute atomic E-state index is 12.6. The molecule has 2 aromatic carbocycles. The molecule has 144 valence electrons. The molecule has 0 aliphatic heterocycles. The molecule has 4 heteroatoms. The predicted molar refractivity (Wildman–Crippen MR) is 116 cm³/mol. The van der Waals surface area contributed by atoms with Crippen LogP contribution in [-0.2, 0) is 4.79 Å². The normalized spacial score (nSPS) is 11.5. The minimum Gasteiger partial charge on any atom is -0.322 e. The SMILES string of the molecule is CC(C)c1cccc(C(C)C)c1NC(=O)/C=C/c1cnn(-c2ccccc2)c1. The molecule has 0 bridgehead atoms. The van der Waals surface area contributed by atoms with Crippen LogP contribution in [0.25, 0.3) is 11.8 Å². The summed E-state index contributed by atoms with van der Waals surface area (Å²) in [6.07, 6.45) is 7.00. The number of nitrogens with one attached hydrogen (secondary N) is 1. The molecule has 3 rings (SSSR count). The van der Waals surface area contributed by atoms with Crippen LogP contribution in [0, 0.1) is 0 Å². The second kappa shape index (κ2) is 8.70. The number of aromatic nitrogens is 2. The number of hydrogen-bond acceptors (Lipinski definition) is 2. The molecule has 4 nitrogen and oxygen atoms in total. The lowest BCUT2D eigenvalue weighted by molar-refractivity contribution is -0.111. The van der Waals surface area contributed by atoms with Crippen LogP contribution >= 0.6 is 0 Å². The lowest BCUT2D eigenvalue weighted by Gasteiger charge is -2.19. The highest BCUT2D eigenvalue weighted by Crippen LogP contribution is 2.32. The quantitative estimate of drug-likeness (QED) is 0.558. The molecule has 1 amide bonds. The van der Waals surface area contributed by atoms with Crippen LogP contribution in [0.5, 0.6) is 0 Å². The molecule has 0 saturated carbocycles. The van der Waals surface area contributed by atoms with Crippen molar-refractivity contribution in [3.8, 4) is 5.69 Å². The summed E-state index contributed by atoms with van der Waals surface area (Å²) in [6.45, 7) is 8.57. The maximum atomic E-state index is 12.6. The average Bonchev–Trinajstić information content (AvgIpc) is 3.16. The van der Waals surface area contributed by atoms with Crippen molar-refractivity contribution in [3.63, 3.8) is 0 Å². The zero-order chi connectivity index (χ0) is 20.1. The Bertz CT molecular complexity index is 942. The van der Waals surface area contributed by atoms with Gasteiger partial charge in [0.05, 0.1) is 11.9 Å². The number of benzene rings is 2. The third-order valence-corrected chi connectivity index (χ3v) is 4.67. The Morgan fingerprint density at radius 3 is 2.21 bits per heavy atom. The van der Waals surface area contributed by atoms with E-state index in [1.165, 1.54) is 0 Å². The lowest BCUT2D eigenvalue weighted by Crippen LogP contribution is -2.13. The molecule has 3 aromatic rings. The molecular weight excluding hydrogens is 346 g/mol. The topological polar surface area (TPSA) is 46.9 Å². The molecule has 0 unspecified atom stereocenters. The smallest absolute Gasteiger partial charge is 0.248 e. The van der Waals surface area contributed by atoms with Gasteiger partial charge in [-0.25, -0.2) is 4.68 Å². The second-order valence-corrected chi connectivity index (χ2v) is 7.50. The van der Waals surface area contributed by atoms with Gasteiger partial charge in [0.25, 0.3) is 0 Å². The molecule has 1 N–H and O–H groups in total. The Morgan fingerprint density at radius 2 is 1.61 bits per heavy atom. The van der Waals surface area contributed by atoms with Gasteiger partial charge in [0.1, 0.15) is 0 Å². The van der Waals surface area contributed by atoms with Crippen LogP contribution in [-0.4, -0.2) is 15.7 Å². The van der Waals surface area contributed by atoms with Crippen molar-refractivity contribution in [1.82, 2.24) is 9.78 Å². The molecule has 0 aliphatic rings. The Morgan fingerprint density at radius 1 is 0.964 bits per heavy atom. The first-order chi connectivity index (χ1) is 13.5. The van der Waals surface area contributed by atoms with Crippen LogP contribution in [0.15, 0.2) is 67.0 Å². The monoisotopic (exact) mass is 373 g/mol. The first kappa shape index (κ1) is 19.6. The maximum Gasteiger partial charge on any atom is 0.248 e. The van der Waals surface area contributed by atoms with Gasteiger partial charge >= 0.3 is 0 Å². The third-order valence-electron chi connectivity index (χ3n) is 4.67. The summed E-state index contributed by atoms with van der Waals surface area (Å²) in [4.78, 5) is 12.6. The number of carbonyl (C=O) groups is 1. The lowest BCUT2D eigenvalue weighted by atomic mass is 9.92. The Balaban J connectivity index is 1.77. The van der Waals surface area contributed by atoms with E-state index in [-0.39, 0.29) is 5.91 Å².